The molecule has 2 aliphatic rings. The number of hydrogen-bond donors (Lipinski definition) is 0. The summed E-state index contributed by atoms with van der Waals surface area (Å²) >= 11 is 1.36. The zero-order valence-corrected chi connectivity index (χ0v) is 8.19. The highest BCUT2D eigenvalue weighted by Crippen LogP contribution is 2.41. The van der Waals surface area contributed by atoms with E-state index in [1.807, 2.05) is 6.07 Å². The summed E-state index contributed by atoms with van der Waals surface area (Å²) in [7, 11) is 0. The second-order valence-electron chi connectivity index (χ2n) is 3.51. The van der Waals surface area contributed by atoms with Gasteiger partial charge in [0.2, 0.25) is 5.12 Å². The average Bonchev–Trinajstić information content (AvgIpc) is 2.32. The molecule has 0 N–H and O–H groups in total. The number of nitrogens with zero attached hydrogens (tertiary/aromatic N) is 1. The topological polar surface area (TPSA) is 40.9 Å². The summed E-state index contributed by atoms with van der Waals surface area (Å²) in [4.78, 5) is 11.4. The standard InChI is InChI=1S/C10H11NOS/c11-6-8-7-4-2-1-3-5-9(7)13-10(8)12/h9H,1-5H2/t9-/m0/s1. The molecule has 0 unspecified atom stereocenters. The summed E-state index contributed by atoms with van der Waals surface area (Å²) in [6.07, 6.45) is 5.63. The van der Waals surface area contributed by atoms with Gasteiger partial charge < -0.3 is 0 Å². The Hall–Kier alpha value is -0.750. The van der Waals surface area contributed by atoms with Crippen LogP contribution in [0.5, 0.6) is 0 Å². The van der Waals surface area contributed by atoms with Crippen molar-refractivity contribution in [2.24, 2.45) is 0 Å². The lowest BCUT2D eigenvalue weighted by Gasteiger charge is -2.06. The highest BCUT2D eigenvalue weighted by atomic mass is 32.2. The van der Waals surface area contributed by atoms with Crippen LogP contribution in [0, 0.1) is 11.3 Å². The summed E-state index contributed by atoms with van der Waals surface area (Å²) in [6.45, 7) is 0. The van der Waals surface area contributed by atoms with E-state index < -0.39 is 0 Å². The van der Waals surface area contributed by atoms with Crippen molar-refractivity contribution in [2.45, 2.75) is 37.4 Å². The largest absolute Gasteiger partial charge is 0.281 e. The fourth-order valence-electron chi connectivity index (χ4n) is 2.01. The van der Waals surface area contributed by atoms with Crippen LogP contribution < -0.4 is 0 Å². The highest BCUT2D eigenvalue weighted by molar-refractivity contribution is 8.15. The molecule has 0 amide bonds. The number of fused-ring (bicyclic) bond motifs is 1. The van der Waals surface area contributed by atoms with Crippen molar-refractivity contribution in [2.75, 3.05) is 0 Å². The molecule has 2 nitrogen and oxygen atoms in total. The van der Waals surface area contributed by atoms with E-state index >= 15 is 0 Å². The molecule has 0 saturated heterocycles. The van der Waals surface area contributed by atoms with Gasteiger partial charge in [0.05, 0.1) is 0 Å². The molecule has 0 radical (unpaired) electrons. The number of thioether (sulfide) groups is 1. The second-order valence-corrected chi connectivity index (χ2v) is 4.68. The lowest BCUT2D eigenvalue weighted by Crippen LogP contribution is -1.99. The molecule has 68 valence electrons. The molecule has 1 heterocycles. The predicted octanol–water partition coefficient (Wildman–Crippen LogP) is 2.41. The zero-order valence-electron chi connectivity index (χ0n) is 7.38. The quantitative estimate of drug-likeness (QED) is 0.593. The summed E-state index contributed by atoms with van der Waals surface area (Å²) in [6, 6.07) is 2.05. The van der Waals surface area contributed by atoms with Crippen molar-refractivity contribution in [1.82, 2.24) is 0 Å². The second kappa shape index (κ2) is 3.55. The Kier molecular flexibility index (Phi) is 2.41. The van der Waals surface area contributed by atoms with Crippen LogP contribution in [0.1, 0.15) is 32.1 Å². The van der Waals surface area contributed by atoms with Gasteiger partial charge in [-0.1, -0.05) is 24.6 Å². The van der Waals surface area contributed by atoms with Crippen molar-refractivity contribution < 1.29 is 4.79 Å². The van der Waals surface area contributed by atoms with Crippen LogP contribution in [0.3, 0.4) is 0 Å². The van der Waals surface area contributed by atoms with Crippen molar-refractivity contribution >= 4 is 16.9 Å². The van der Waals surface area contributed by atoms with Crippen molar-refractivity contribution in [1.29, 1.82) is 5.26 Å². The molecule has 1 fully saturated rings. The Morgan fingerprint density at radius 3 is 3.00 bits per heavy atom. The normalized spacial score (nSPS) is 28.2. The zero-order chi connectivity index (χ0) is 9.26. The third kappa shape index (κ3) is 1.51. The number of carbonyl (C=O) groups excluding carboxylic acids is 1. The SMILES string of the molecule is N#CC1=C2CCCCC[C@@H]2SC1=O. The first-order valence-corrected chi connectivity index (χ1v) is 5.55. The molecule has 0 spiro atoms. The maximum atomic E-state index is 11.4. The fourth-order valence-corrected chi connectivity index (χ4v) is 3.23. The molecule has 1 saturated carbocycles. The lowest BCUT2D eigenvalue weighted by atomic mass is 10.0. The van der Waals surface area contributed by atoms with Crippen LogP contribution in [-0.4, -0.2) is 10.4 Å². The van der Waals surface area contributed by atoms with Gasteiger partial charge in [0.25, 0.3) is 0 Å². The molecule has 3 heteroatoms. The average molecular weight is 193 g/mol. The first-order valence-electron chi connectivity index (χ1n) is 4.67. The van der Waals surface area contributed by atoms with Gasteiger partial charge in [0, 0.05) is 5.25 Å². The maximum Gasteiger partial charge on any atom is 0.230 e. The summed E-state index contributed by atoms with van der Waals surface area (Å²) in [5.74, 6) is 0. The van der Waals surface area contributed by atoms with E-state index in [4.69, 9.17) is 5.26 Å². The summed E-state index contributed by atoms with van der Waals surface area (Å²) in [5, 5.41) is 9.17. The molecule has 13 heavy (non-hydrogen) atoms. The van der Waals surface area contributed by atoms with Crippen molar-refractivity contribution in [3.05, 3.63) is 11.1 Å². The molecular weight excluding hydrogens is 182 g/mol. The molecular formula is C10H11NOS. The summed E-state index contributed by atoms with van der Waals surface area (Å²) < 4.78 is 0. The third-order valence-corrected chi connectivity index (χ3v) is 3.91. The first-order chi connectivity index (χ1) is 6.33. The minimum absolute atomic E-state index is 0.00407. The van der Waals surface area contributed by atoms with Crippen LogP contribution >= 0.6 is 11.8 Å². The van der Waals surface area contributed by atoms with Gasteiger partial charge in [-0.3, -0.25) is 4.79 Å². The minimum Gasteiger partial charge on any atom is -0.281 e. The van der Waals surface area contributed by atoms with Gasteiger partial charge >= 0.3 is 0 Å². The Labute approximate surface area is 82.0 Å². The van der Waals surface area contributed by atoms with E-state index in [0.29, 0.717) is 10.8 Å². The monoisotopic (exact) mass is 193 g/mol. The van der Waals surface area contributed by atoms with E-state index in [-0.39, 0.29) is 5.12 Å². The maximum absolute atomic E-state index is 11.4. The number of nitriles is 1. The smallest absolute Gasteiger partial charge is 0.230 e. The molecule has 0 aromatic rings. The van der Waals surface area contributed by atoms with Gasteiger partial charge in [-0.05, 0) is 24.8 Å². The Morgan fingerprint density at radius 1 is 1.38 bits per heavy atom. The van der Waals surface area contributed by atoms with E-state index in [9.17, 15) is 4.79 Å². The van der Waals surface area contributed by atoms with E-state index in [1.165, 1.54) is 24.6 Å². The van der Waals surface area contributed by atoms with Gasteiger partial charge in [-0.2, -0.15) is 5.26 Å². The van der Waals surface area contributed by atoms with E-state index in [2.05, 4.69) is 0 Å². The minimum atomic E-state index is 0.00407. The Morgan fingerprint density at radius 2 is 2.23 bits per heavy atom. The molecule has 1 atom stereocenters. The Balaban J connectivity index is 2.33. The molecule has 1 aliphatic carbocycles. The van der Waals surface area contributed by atoms with Crippen LogP contribution in [0.2, 0.25) is 0 Å². The summed E-state index contributed by atoms with van der Waals surface area (Å²) in [5.41, 5.74) is 1.59. The van der Waals surface area contributed by atoms with Crippen LogP contribution in [0.25, 0.3) is 0 Å². The molecule has 1 aliphatic heterocycles. The van der Waals surface area contributed by atoms with Crippen molar-refractivity contribution in [3.63, 3.8) is 0 Å². The highest BCUT2D eigenvalue weighted by Gasteiger charge is 2.33. The number of carbonyl (C=O) groups is 1. The van der Waals surface area contributed by atoms with Crippen LogP contribution in [0.4, 0.5) is 0 Å². The number of hydrogen-bond acceptors (Lipinski definition) is 3. The Bertz CT molecular complexity index is 313. The molecule has 0 bridgehead atoms. The van der Waals surface area contributed by atoms with Gasteiger partial charge in [0.1, 0.15) is 11.6 Å². The van der Waals surface area contributed by atoms with Crippen LogP contribution in [0.15, 0.2) is 11.1 Å². The van der Waals surface area contributed by atoms with Gasteiger partial charge in [-0.25, -0.2) is 0 Å². The number of rotatable bonds is 0. The van der Waals surface area contributed by atoms with E-state index in [0.717, 1.165) is 24.8 Å². The fraction of sp³-hybridized carbons (Fsp3) is 0.600. The van der Waals surface area contributed by atoms with Crippen molar-refractivity contribution in [3.8, 4) is 6.07 Å². The van der Waals surface area contributed by atoms with Crippen LogP contribution in [-0.2, 0) is 4.79 Å². The molecule has 0 aromatic carbocycles. The van der Waals surface area contributed by atoms with Gasteiger partial charge in [0.15, 0.2) is 0 Å². The first kappa shape index (κ1) is 8.83. The van der Waals surface area contributed by atoms with E-state index in [1.54, 1.807) is 0 Å². The third-order valence-electron chi connectivity index (χ3n) is 2.69. The predicted molar refractivity (Wildman–Crippen MR) is 52.1 cm³/mol. The molecule has 0 aromatic heterocycles. The van der Waals surface area contributed by atoms with Gasteiger partial charge in [-0.15, -0.1) is 0 Å². The lowest BCUT2D eigenvalue weighted by molar-refractivity contribution is -0.107. The molecule has 2 rings (SSSR count).